The Balaban J connectivity index is 1.65. The third-order valence-electron chi connectivity index (χ3n) is 5.59. The van der Waals surface area contributed by atoms with E-state index in [1.54, 1.807) is 17.1 Å². The van der Waals surface area contributed by atoms with E-state index in [2.05, 4.69) is 26.9 Å². The summed E-state index contributed by atoms with van der Waals surface area (Å²) < 4.78 is 1.73. The number of nitrogens with zero attached hydrogens (tertiary/aromatic N) is 5. The predicted octanol–water partition coefficient (Wildman–Crippen LogP) is 2.18. The molecular formula is C19H25N5O. The van der Waals surface area contributed by atoms with Crippen LogP contribution in [0.1, 0.15) is 36.0 Å². The first-order valence-corrected chi connectivity index (χ1v) is 9.10. The van der Waals surface area contributed by atoms with Gasteiger partial charge in [0.15, 0.2) is 0 Å². The molecule has 0 bridgehead atoms. The van der Waals surface area contributed by atoms with Gasteiger partial charge in [-0.25, -0.2) is 0 Å². The fourth-order valence-electron chi connectivity index (χ4n) is 4.39. The summed E-state index contributed by atoms with van der Waals surface area (Å²) >= 11 is 0. The highest BCUT2D eigenvalue weighted by molar-refractivity contribution is 6.00. The predicted molar refractivity (Wildman–Crippen MR) is 96.1 cm³/mol. The van der Waals surface area contributed by atoms with Crippen molar-refractivity contribution >= 4 is 5.91 Å². The highest BCUT2D eigenvalue weighted by atomic mass is 16.2. The van der Waals surface area contributed by atoms with Crippen LogP contribution in [0.15, 0.2) is 30.7 Å². The molecule has 2 aromatic heterocycles. The Labute approximate surface area is 148 Å². The average molecular weight is 339 g/mol. The molecule has 25 heavy (non-hydrogen) atoms. The summed E-state index contributed by atoms with van der Waals surface area (Å²) in [5.41, 5.74) is 2.38. The van der Waals surface area contributed by atoms with Gasteiger partial charge in [-0.15, -0.1) is 0 Å². The molecule has 0 aromatic carbocycles. The molecule has 4 rings (SSSR count). The quantitative estimate of drug-likeness (QED) is 0.860. The van der Waals surface area contributed by atoms with Crippen LogP contribution in [-0.2, 0) is 7.05 Å². The van der Waals surface area contributed by atoms with E-state index in [1.165, 1.54) is 12.8 Å². The standard InChI is InChI=1S/C19H25N5O/c1-22-11-3-5-16(22)17-6-4-12-24(17)19(25)15-13-23(2)21-18(15)14-7-9-20-10-8-14/h7-10,13,16-17H,3-6,11-12H2,1-2H3/t16-,17-/m0/s1. The zero-order chi connectivity index (χ0) is 17.4. The lowest BCUT2D eigenvalue weighted by Gasteiger charge is -2.33. The molecule has 4 heterocycles. The Morgan fingerprint density at radius 1 is 1.08 bits per heavy atom. The van der Waals surface area contributed by atoms with Gasteiger partial charge < -0.3 is 9.80 Å². The Hall–Kier alpha value is -2.21. The van der Waals surface area contributed by atoms with Gasteiger partial charge in [-0.2, -0.15) is 5.10 Å². The highest BCUT2D eigenvalue weighted by Gasteiger charge is 2.39. The van der Waals surface area contributed by atoms with Crippen molar-refractivity contribution in [2.24, 2.45) is 7.05 Å². The summed E-state index contributed by atoms with van der Waals surface area (Å²) in [6, 6.07) is 4.63. The van der Waals surface area contributed by atoms with Crippen LogP contribution < -0.4 is 0 Å². The first-order chi connectivity index (χ1) is 12.1. The normalized spacial score (nSPS) is 24.2. The molecular weight excluding hydrogens is 314 g/mol. The van der Waals surface area contributed by atoms with E-state index in [4.69, 9.17) is 0 Å². The topological polar surface area (TPSA) is 54.3 Å². The molecule has 0 spiro atoms. The molecule has 2 saturated heterocycles. The molecule has 0 saturated carbocycles. The maximum absolute atomic E-state index is 13.4. The van der Waals surface area contributed by atoms with Gasteiger partial charge in [-0.1, -0.05) is 0 Å². The van der Waals surface area contributed by atoms with Crippen molar-refractivity contribution in [2.45, 2.75) is 37.8 Å². The lowest BCUT2D eigenvalue weighted by Crippen LogP contribution is -2.47. The summed E-state index contributed by atoms with van der Waals surface area (Å²) in [5.74, 6) is 0.114. The number of amides is 1. The number of carbonyl (C=O) groups is 1. The zero-order valence-corrected chi connectivity index (χ0v) is 14.9. The van der Waals surface area contributed by atoms with Gasteiger partial charge in [0.1, 0.15) is 5.69 Å². The van der Waals surface area contributed by atoms with Crippen molar-refractivity contribution in [2.75, 3.05) is 20.1 Å². The van der Waals surface area contributed by atoms with E-state index >= 15 is 0 Å². The minimum Gasteiger partial charge on any atom is -0.334 e. The maximum atomic E-state index is 13.4. The third-order valence-corrected chi connectivity index (χ3v) is 5.59. The van der Waals surface area contributed by atoms with E-state index < -0.39 is 0 Å². The van der Waals surface area contributed by atoms with Gasteiger partial charge in [0.2, 0.25) is 0 Å². The second-order valence-corrected chi connectivity index (χ2v) is 7.20. The molecule has 6 nitrogen and oxygen atoms in total. The van der Waals surface area contributed by atoms with Gasteiger partial charge in [-0.3, -0.25) is 14.5 Å². The van der Waals surface area contributed by atoms with Crippen LogP contribution in [0.3, 0.4) is 0 Å². The number of carbonyl (C=O) groups excluding carboxylic acids is 1. The summed E-state index contributed by atoms with van der Waals surface area (Å²) in [6.45, 7) is 1.98. The van der Waals surface area contributed by atoms with Crippen LogP contribution in [-0.4, -0.2) is 62.7 Å². The maximum Gasteiger partial charge on any atom is 0.258 e. The number of likely N-dealkylation sites (tertiary alicyclic amines) is 2. The van der Waals surface area contributed by atoms with Crippen molar-refractivity contribution in [1.82, 2.24) is 24.6 Å². The second kappa shape index (κ2) is 6.59. The average Bonchev–Trinajstić information content (AvgIpc) is 3.34. The van der Waals surface area contributed by atoms with Gasteiger partial charge in [0, 0.05) is 49.8 Å². The Kier molecular flexibility index (Phi) is 4.29. The minimum atomic E-state index is 0.114. The lowest BCUT2D eigenvalue weighted by atomic mass is 10.0. The Morgan fingerprint density at radius 2 is 1.80 bits per heavy atom. The zero-order valence-electron chi connectivity index (χ0n) is 14.9. The monoisotopic (exact) mass is 339 g/mol. The molecule has 2 fully saturated rings. The lowest BCUT2D eigenvalue weighted by molar-refractivity contribution is 0.0665. The number of aryl methyl sites for hydroxylation is 1. The van der Waals surface area contributed by atoms with Crippen LogP contribution >= 0.6 is 0 Å². The van der Waals surface area contributed by atoms with Crippen molar-refractivity contribution < 1.29 is 4.79 Å². The van der Waals surface area contributed by atoms with Crippen molar-refractivity contribution in [3.63, 3.8) is 0 Å². The largest absolute Gasteiger partial charge is 0.334 e. The molecule has 0 N–H and O–H groups in total. The number of aromatic nitrogens is 3. The van der Waals surface area contributed by atoms with Crippen LogP contribution in [0.2, 0.25) is 0 Å². The van der Waals surface area contributed by atoms with Gasteiger partial charge >= 0.3 is 0 Å². The van der Waals surface area contributed by atoms with Crippen molar-refractivity contribution in [3.8, 4) is 11.3 Å². The van der Waals surface area contributed by atoms with E-state index in [1.807, 2.05) is 25.4 Å². The van der Waals surface area contributed by atoms with E-state index in [0.29, 0.717) is 17.6 Å². The number of rotatable bonds is 3. The summed E-state index contributed by atoms with van der Waals surface area (Å²) in [6.07, 6.45) is 9.95. The molecule has 6 heteroatoms. The first-order valence-electron chi connectivity index (χ1n) is 9.10. The molecule has 0 aliphatic carbocycles. The number of hydrogen-bond donors (Lipinski definition) is 0. The SMILES string of the molecule is CN1CCC[C@H]1[C@@H]1CCCN1C(=O)c1cn(C)nc1-c1ccncc1. The number of pyridine rings is 1. The van der Waals surface area contributed by atoms with E-state index in [-0.39, 0.29) is 5.91 Å². The molecule has 2 aliphatic rings. The fraction of sp³-hybridized carbons (Fsp3) is 0.526. The van der Waals surface area contributed by atoms with Crippen molar-refractivity contribution in [3.05, 3.63) is 36.3 Å². The highest BCUT2D eigenvalue weighted by Crippen LogP contribution is 2.31. The van der Waals surface area contributed by atoms with Crippen LogP contribution in [0, 0.1) is 0 Å². The number of likely N-dealkylation sites (N-methyl/N-ethyl adjacent to an activating group) is 1. The molecule has 132 valence electrons. The summed E-state index contributed by atoms with van der Waals surface area (Å²) in [5, 5.41) is 4.54. The first kappa shape index (κ1) is 16.3. The smallest absolute Gasteiger partial charge is 0.258 e. The molecule has 2 aromatic rings. The Morgan fingerprint density at radius 3 is 2.52 bits per heavy atom. The van der Waals surface area contributed by atoms with Gasteiger partial charge in [-0.05, 0) is 51.4 Å². The number of hydrogen-bond acceptors (Lipinski definition) is 4. The van der Waals surface area contributed by atoms with Crippen molar-refractivity contribution in [1.29, 1.82) is 0 Å². The molecule has 0 unspecified atom stereocenters. The third kappa shape index (κ3) is 2.95. The van der Waals surface area contributed by atoms with Crippen LogP contribution in [0.25, 0.3) is 11.3 Å². The van der Waals surface area contributed by atoms with Gasteiger partial charge in [0.25, 0.3) is 5.91 Å². The van der Waals surface area contributed by atoms with Crippen LogP contribution in [0.4, 0.5) is 0 Å². The minimum absolute atomic E-state index is 0.114. The molecule has 2 atom stereocenters. The van der Waals surface area contributed by atoms with E-state index in [9.17, 15) is 4.79 Å². The summed E-state index contributed by atoms with van der Waals surface area (Å²) in [4.78, 5) is 21.9. The molecule has 0 radical (unpaired) electrons. The van der Waals surface area contributed by atoms with Gasteiger partial charge in [0.05, 0.1) is 5.56 Å². The molecule has 2 aliphatic heterocycles. The second-order valence-electron chi connectivity index (χ2n) is 7.20. The Bertz CT molecular complexity index is 756. The fourth-order valence-corrected chi connectivity index (χ4v) is 4.39. The molecule has 1 amide bonds. The van der Waals surface area contributed by atoms with Crippen LogP contribution in [0.5, 0.6) is 0 Å². The van der Waals surface area contributed by atoms with E-state index in [0.717, 1.165) is 37.2 Å². The summed E-state index contributed by atoms with van der Waals surface area (Å²) in [7, 11) is 4.05.